The molecule has 2 aromatic rings. The Morgan fingerprint density at radius 3 is 2.62 bits per heavy atom. The maximum atomic E-state index is 12.0. The highest BCUT2D eigenvalue weighted by Crippen LogP contribution is 2.15. The summed E-state index contributed by atoms with van der Waals surface area (Å²) in [6.07, 6.45) is 0.567. The van der Waals surface area contributed by atoms with Gasteiger partial charge in [-0.2, -0.15) is 0 Å². The number of rotatable bonds is 7. The first kappa shape index (κ1) is 16.2. The zero-order chi connectivity index (χ0) is 15.3. The third-order valence-corrected chi connectivity index (χ3v) is 5.26. The Morgan fingerprint density at radius 1 is 1.29 bits per heavy atom. The lowest BCUT2D eigenvalue weighted by molar-refractivity contribution is 0.580. The molecule has 8 heteroatoms. The summed E-state index contributed by atoms with van der Waals surface area (Å²) in [5.41, 5.74) is 1.58. The molecule has 0 saturated heterocycles. The smallest absolute Gasteiger partial charge is 0.215 e. The molecule has 114 valence electrons. The van der Waals surface area contributed by atoms with Gasteiger partial charge in [-0.05, 0) is 17.7 Å². The van der Waals surface area contributed by atoms with E-state index >= 15 is 0 Å². The van der Waals surface area contributed by atoms with Gasteiger partial charge in [0.05, 0.1) is 11.4 Å². The van der Waals surface area contributed by atoms with Crippen LogP contribution in [0.5, 0.6) is 0 Å². The van der Waals surface area contributed by atoms with Gasteiger partial charge < -0.3 is 5.32 Å². The van der Waals surface area contributed by atoms with Crippen LogP contribution in [-0.2, 0) is 22.2 Å². The van der Waals surface area contributed by atoms with Crippen molar-refractivity contribution in [3.63, 3.8) is 0 Å². The van der Waals surface area contributed by atoms with E-state index in [1.54, 1.807) is 31.3 Å². The normalized spacial score (nSPS) is 11.5. The van der Waals surface area contributed by atoms with Crippen molar-refractivity contribution < 1.29 is 8.42 Å². The monoisotopic (exact) mass is 345 g/mol. The molecule has 0 unspecified atom stereocenters. The van der Waals surface area contributed by atoms with Crippen molar-refractivity contribution in [3.05, 3.63) is 45.9 Å². The van der Waals surface area contributed by atoms with Crippen LogP contribution >= 0.6 is 22.9 Å². The SMILES string of the molecule is CNc1nc(CCNS(=O)(=O)Cc2ccc(Cl)cc2)cs1. The van der Waals surface area contributed by atoms with Crippen LogP contribution in [0.3, 0.4) is 0 Å². The van der Waals surface area contributed by atoms with Gasteiger partial charge in [0, 0.05) is 30.4 Å². The number of aromatic nitrogens is 1. The zero-order valence-corrected chi connectivity index (χ0v) is 13.9. The summed E-state index contributed by atoms with van der Waals surface area (Å²) < 4.78 is 26.5. The van der Waals surface area contributed by atoms with Crippen molar-refractivity contribution >= 4 is 38.1 Å². The number of hydrogen-bond acceptors (Lipinski definition) is 5. The molecule has 0 fully saturated rings. The Kier molecular flexibility index (Phi) is 5.58. The van der Waals surface area contributed by atoms with Crippen LogP contribution in [0.2, 0.25) is 5.02 Å². The number of thiazole rings is 1. The molecule has 1 heterocycles. The molecule has 5 nitrogen and oxygen atoms in total. The van der Waals surface area contributed by atoms with Crippen LogP contribution in [0.4, 0.5) is 5.13 Å². The summed E-state index contributed by atoms with van der Waals surface area (Å²) >= 11 is 7.27. The lowest BCUT2D eigenvalue weighted by atomic mass is 10.2. The second-order valence-electron chi connectivity index (χ2n) is 4.42. The van der Waals surface area contributed by atoms with E-state index in [4.69, 9.17) is 11.6 Å². The van der Waals surface area contributed by atoms with Crippen LogP contribution in [0.15, 0.2) is 29.6 Å². The average Bonchev–Trinajstić information content (AvgIpc) is 2.89. The molecular formula is C13H16ClN3O2S2. The average molecular weight is 346 g/mol. The first-order valence-electron chi connectivity index (χ1n) is 6.32. The largest absolute Gasteiger partial charge is 0.365 e. The van der Waals surface area contributed by atoms with Crippen LogP contribution in [-0.4, -0.2) is 27.0 Å². The van der Waals surface area contributed by atoms with E-state index < -0.39 is 10.0 Å². The fraction of sp³-hybridized carbons (Fsp3) is 0.308. The first-order valence-corrected chi connectivity index (χ1v) is 9.23. The second kappa shape index (κ2) is 7.22. The predicted octanol–water partition coefficient (Wildman–Crippen LogP) is 2.50. The Morgan fingerprint density at radius 2 is 2.00 bits per heavy atom. The summed E-state index contributed by atoms with van der Waals surface area (Å²) in [5, 5.41) is 6.28. The van der Waals surface area contributed by atoms with Gasteiger partial charge in [0.2, 0.25) is 10.0 Å². The van der Waals surface area contributed by atoms with E-state index in [0.29, 0.717) is 23.6 Å². The van der Waals surface area contributed by atoms with Crippen molar-refractivity contribution in [2.24, 2.45) is 0 Å². The fourth-order valence-electron chi connectivity index (χ4n) is 1.72. The number of benzene rings is 1. The molecule has 0 saturated carbocycles. The Hall–Kier alpha value is -1.15. The summed E-state index contributed by atoms with van der Waals surface area (Å²) in [5.74, 6) is -0.0526. The van der Waals surface area contributed by atoms with Gasteiger partial charge in [-0.1, -0.05) is 23.7 Å². The maximum absolute atomic E-state index is 12.0. The summed E-state index contributed by atoms with van der Waals surface area (Å²) in [4.78, 5) is 4.30. The van der Waals surface area contributed by atoms with E-state index in [9.17, 15) is 8.42 Å². The minimum absolute atomic E-state index is 0.0526. The predicted molar refractivity (Wildman–Crippen MR) is 87.4 cm³/mol. The van der Waals surface area contributed by atoms with Crippen molar-refractivity contribution in [2.45, 2.75) is 12.2 Å². The molecule has 0 aliphatic carbocycles. The lowest BCUT2D eigenvalue weighted by Gasteiger charge is -2.06. The minimum Gasteiger partial charge on any atom is -0.365 e. The van der Waals surface area contributed by atoms with Crippen LogP contribution in [0.25, 0.3) is 0 Å². The number of nitrogens with one attached hydrogen (secondary N) is 2. The quantitative estimate of drug-likeness (QED) is 0.808. The molecule has 0 radical (unpaired) electrons. The summed E-state index contributed by atoms with van der Waals surface area (Å²) in [7, 11) is -1.55. The minimum atomic E-state index is -3.35. The molecule has 0 aliphatic rings. The molecule has 21 heavy (non-hydrogen) atoms. The van der Waals surface area contributed by atoms with Crippen molar-refractivity contribution in [2.75, 3.05) is 18.9 Å². The molecule has 0 bridgehead atoms. The van der Waals surface area contributed by atoms with E-state index in [1.165, 1.54) is 11.3 Å². The molecule has 2 N–H and O–H groups in total. The number of halogens is 1. The Balaban J connectivity index is 1.85. The molecule has 0 amide bonds. The highest BCUT2D eigenvalue weighted by atomic mass is 35.5. The number of hydrogen-bond donors (Lipinski definition) is 2. The highest BCUT2D eigenvalue weighted by Gasteiger charge is 2.11. The van der Waals surface area contributed by atoms with Crippen LogP contribution in [0.1, 0.15) is 11.3 Å². The van der Waals surface area contributed by atoms with Gasteiger partial charge >= 0.3 is 0 Å². The van der Waals surface area contributed by atoms with Gasteiger partial charge in [-0.15, -0.1) is 11.3 Å². The second-order valence-corrected chi connectivity index (χ2v) is 7.53. The van der Waals surface area contributed by atoms with Crippen molar-refractivity contribution in [3.8, 4) is 0 Å². The van der Waals surface area contributed by atoms with Crippen LogP contribution < -0.4 is 10.0 Å². The molecule has 1 aromatic heterocycles. The third-order valence-electron chi connectivity index (χ3n) is 2.74. The van der Waals surface area contributed by atoms with Gasteiger partial charge in [-0.3, -0.25) is 0 Å². The van der Waals surface area contributed by atoms with Gasteiger partial charge in [0.25, 0.3) is 0 Å². The molecular weight excluding hydrogens is 330 g/mol. The fourth-order valence-corrected chi connectivity index (χ4v) is 3.70. The number of sulfonamides is 1. The van der Waals surface area contributed by atoms with E-state index in [1.807, 2.05) is 5.38 Å². The zero-order valence-electron chi connectivity index (χ0n) is 11.5. The topological polar surface area (TPSA) is 71.1 Å². The van der Waals surface area contributed by atoms with E-state index in [-0.39, 0.29) is 5.75 Å². The molecule has 0 spiro atoms. The Bertz CT molecular complexity index is 684. The van der Waals surface area contributed by atoms with Crippen LogP contribution in [0, 0.1) is 0 Å². The maximum Gasteiger partial charge on any atom is 0.215 e. The first-order chi connectivity index (χ1) is 9.98. The van der Waals surface area contributed by atoms with Gasteiger partial charge in [0.15, 0.2) is 5.13 Å². The lowest BCUT2D eigenvalue weighted by Crippen LogP contribution is -2.27. The summed E-state index contributed by atoms with van der Waals surface area (Å²) in [6, 6.07) is 6.78. The van der Waals surface area contributed by atoms with E-state index in [0.717, 1.165) is 10.8 Å². The number of anilines is 1. The van der Waals surface area contributed by atoms with Gasteiger partial charge in [-0.25, -0.2) is 18.1 Å². The van der Waals surface area contributed by atoms with Crippen molar-refractivity contribution in [1.29, 1.82) is 0 Å². The Labute approximate surface area is 133 Å². The highest BCUT2D eigenvalue weighted by molar-refractivity contribution is 7.88. The van der Waals surface area contributed by atoms with Gasteiger partial charge in [0.1, 0.15) is 0 Å². The van der Waals surface area contributed by atoms with Crippen molar-refractivity contribution in [1.82, 2.24) is 9.71 Å². The summed E-state index contributed by atoms with van der Waals surface area (Å²) in [6.45, 7) is 0.336. The number of nitrogens with zero attached hydrogens (tertiary/aromatic N) is 1. The molecule has 0 aliphatic heterocycles. The third kappa shape index (κ3) is 5.28. The van der Waals surface area contributed by atoms with E-state index in [2.05, 4.69) is 15.0 Å². The molecule has 1 aromatic carbocycles. The molecule has 2 rings (SSSR count). The molecule has 0 atom stereocenters. The standard InChI is InChI=1S/C13H16ClN3O2S2/c1-15-13-17-12(8-20-13)6-7-16-21(18,19)9-10-2-4-11(14)5-3-10/h2-5,8,16H,6-7,9H2,1H3,(H,15,17).